The summed E-state index contributed by atoms with van der Waals surface area (Å²) in [7, 11) is -3.04. The predicted molar refractivity (Wildman–Crippen MR) is 71.6 cm³/mol. The van der Waals surface area contributed by atoms with Crippen LogP contribution in [0.3, 0.4) is 0 Å². The number of nitrogens with one attached hydrogen (secondary N) is 1. The Morgan fingerprint density at radius 3 is 2.72 bits per heavy atom. The fourth-order valence-corrected chi connectivity index (χ4v) is 3.98. The standard InChI is InChI=1S/C12H14ClNO3S/c1-8-2-3-11(10(13)6-8)14-12(15)9-4-5-18(16,17)7-9/h2-3,6,9H,4-5,7H2,1H3,(H,14,15)/t9-/m1/s1. The Hall–Kier alpha value is -1.07. The molecule has 0 unspecified atom stereocenters. The van der Waals surface area contributed by atoms with Crippen LogP contribution in [0.2, 0.25) is 5.02 Å². The smallest absolute Gasteiger partial charge is 0.228 e. The highest BCUT2D eigenvalue weighted by Gasteiger charge is 2.33. The van der Waals surface area contributed by atoms with E-state index in [4.69, 9.17) is 11.6 Å². The van der Waals surface area contributed by atoms with Gasteiger partial charge in [0.15, 0.2) is 9.84 Å². The Bertz CT molecular complexity index is 583. The quantitative estimate of drug-likeness (QED) is 0.905. The van der Waals surface area contributed by atoms with Gasteiger partial charge in [-0.25, -0.2) is 8.42 Å². The van der Waals surface area contributed by atoms with Crippen molar-refractivity contribution in [3.8, 4) is 0 Å². The topological polar surface area (TPSA) is 63.2 Å². The van der Waals surface area contributed by atoms with Crippen molar-refractivity contribution in [3.05, 3.63) is 28.8 Å². The average Bonchev–Trinajstić information content (AvgIpc) is 2.63. The third-order valence-corrected chi connectivity index (χ3v) is 5.07. The molecule has 2 rings (SSSR count). The van der Waals surface area contributed by atoms with E-state index in [2.05, 4.69) is 5.32 Å². The Morgan fingerprint density at radius 1 is 1.44 bits per heavy atom. The molecule has 1 saturated heterocycles. The molecule has 0 aromatic heterocycles. The van der Waals surface area contributed by atoms with E-state index in [-0.39, 0.29) is 17.4 Å². The van der Waals surface area contributed by atoms with Crippen LogP contribution < -0.4 is 5.32 Å². The SMILES string of the molecule is Cc1ccc(NC(=O)[C@@H]2CCS(=O)(=O)C2)c(Cl)c1. The van der Waals surface area contributed by atoms with Crippen molar-refractivity contribution in [2.45, 2.75) is 13.3 Å². The van der Waals surface area contributed by atoms with Crippen molar-refractivity contribution in [1.82, 2.24) is 0 Å². The average molecular weight is 288 g/mol. The fourth-order valence-electron chi connectivity index (χ4n) is 1.96. The number of hydrogen-bond donors (Lipinski definition) is 1. The maximum absolute atomic E-state index is 11.9. The van der Waals surface area contributed by atoms with Gasteiger partial charge in [-0.2, -0.15) is 0 Å². The lowest BCUT2D eigenvalue weighted by Gasteiger charge is -2.11. The molecule has 98 valence electrons. The lowest BCUT2D eigenvalue weighted by Crippen LogP contribution is -2.23. The summed E-state index contributed by atoms with van der Waals surface area (Å²) >= 11 is 6.00. The zero-order valence-corrected chi connectivity index (χ0v) is 11.5. The zero-order chi connectivity index (χ0) is 13.3. The van der Waals surface area contributed by atoms with Crippen molar-refractivity contribution in [2.75, 3.05) is 16.8 Å². The number of halogens is 1. The summed E-state index contributed by atoms with van der Waals surface area (Å²) < 4.78 is 22.6. The van der Waals surface area contributed by atoms with Crippen LogP contribution in [0.5, 0.6) is 0 Å². The first-order chi connectivity index (χ1) is 8.37. The highest BCUT2D eigenvalue weighted by atomic mass is 35.5. The van der Waals surface area contributed by atoms with Gasteiger partial charge in [0.05, 0.1) is 28.1 Å². The largest absolute Gasteiger partial charge is 0.324 e. The third kappa shape index (κ3) is 3.03. The molecule has 4 nitrogen and oxygen atoms in total. The number of hydrogen-bond acceptors (Lipinski definition) is 3. The van der Waals surface area contributed by atoms with Crippen LogP contribution in [0.25, 0.3) is 0 Å². The molecule has 1 N–H and O–H groups in total. The molecule has 1 aromatic rings. The van der Waals surface area contributed by atoms with Gasteiger partial charge < -0.3 is 5.32 Å². The molecule has 1 atom stereocenters. The van der Waals surface area contributed by atoms with Gasteiger partial charge >= 0.3 is 0 Å². The van der Waals surface area contributed by atoms with Crippen LogP contribution in [0.4, 0.5) is 5.69 Å². The molecule has 0 saturated carbocycles. The number of aryl methyl sites for hydroxylation is 1. The summed E-state index contributed by atoms with van der Waals surface area (Å²) in [5.41, 5.74) is 1.53. The van der Waals surface area contributed by atoms with Gasteiger partial charge in [-0.1, -0.05) is 17.7 Å². The van der Waals surface area contributed by atoms with Crippen LogP contribution >= 0.6 is 11.6 Å². The second kappa shape index (κ2) is 4.90. The second-order valence-electron chi connectivity index (χ2n) is 4.57. The molecule has 1 aromatic carbocycles. The first-order valence-corrected chi connectivity index (χ1v) is 7.85. The number of amides is 1. The van der Waals surface area contributed by atoms with Crippen LogP contribution in [0.15, 0.2) is 18.2 Å². The normalized spacial score (nSPS) is 21.8. The van der Waals surface area contributed by atoms with Crippen LogP contribution in [-0.4, -0.2) is 25.8 Å². The lowest BCUT2D eigenvalue weighted by molar-refractivity contribution is -0.119. The first-order valence-electron chi connectivity index (χ1n) is 5.65. The molecule has 0 radical (unpaired) electrons. The summed E-state index contributed by atoms with van der Waals surface area (Å²) in [6.45, 7) is 1.90. The van der Waals surface area contributed by atoms with E-state index in [0.29, 0.717) is 17.1 Å². The molecule has 6 heteroatoms. The first kappa shape index (κ1) is 13.4. The summed E-state index contributed by atoms with van der Waals surface area (Å²) in [6.07, 6.45) is 0.387. The molecule has 1 amide bonds. The summed E-state index contributed by atoms with van der Waals surface area (Å²) in [6, 6.07) is 5.31. The Balaban J connectivity index is 2.08. The maximum Gasteiger partial charge on any atom is 0.228 e. The maximum atomic E-state index is 11.9. The number of benzene rings is 1. The van der Waals surface area contributed by atoms with Gasteiger partial charge in [-0.3, -0.25) is 4.79 Å². The second-order valence-corrected chi connectivity index (χ2v) is 7.21. The number of anilines is 1. The highest BCUT2D eigenvalue weighted by molar-refractivity contribution is 7.91. The van der Waals surface area contributed by atoms with E-state index >= 15 is 0 Å². The number of carbonyl (C=O) groups is 1. The zero-order valence-electron chi connectivity index (χ0n) is 9.94. The molecule has 18 heavy (non-hydrogen) atoms. The third-order valence-electron chi connectivity index (χ3n) is 2.99. The molecule has 1 aliphatic rings. The van der Waals surface area contributed by atoms with E-state index in [9.17, 15) is 13.2 Å². The van der Waals surface area contributed by atoms with Crippen LogP contribution in [-0.2, 0) is 14.6 Å². The van der Waals surface area contributed by atoms with Crippen molar-refractivity contribution in [3.63, 3.8) is 0 Å². The summed E-state index contributed by atoms with van der Waals surface area (Å²) in [4.78, 5) is 11.9. The van der Waals surface area contributed by atoms with Gasteiger partial charge in [0.25, 0.3) is 0 Å². The van der Waals surface area contributed by atoms with Crippen LogP contribution in [0, 0.1) is 12.8 Å². The molecule has 1 heterocycles. The summed E-state index contributed by atoms with van der Waals surface area (Å²) in [5, 5.41) is 3.14. The van der Waals surface area contributed by atoms with E-state index in [0.717, 1.165) is 5.56 Å². The molecule has 0 aliphatic carbocycles. The van der Waals surface area contributed by atoms with Crippen LogP contribution in [0.1, 0.15) is 12.0 Å². The number of sulfone groups is 1. The molecular weight excluding hydrogens is 274 g/mol. The molecule has 0 bridgehead atoms. The number of carbonyl (C=O) groups excluding carboxylic acids is 1. The van der Waals surface area contributed by atoms with Gasteiger partial charge in [-0.05, 0) is 31.0 Å². The minimum atomic E-state index is -3.04. The van der Waals surface area contributed by atoms with E-state index < -0.39 is 15.8 Å². The Morgan fingerprint density at radius 2 is 2.17 bits per heavy atom. The molecule has 1 fully saturated rings. The van der Waals surface area contributed by atoms with Gasteiger partial charge in [0, 0.05) is 0 Å². The van der Waals surface area contributed by atoms with Gasteiger partial charge in [0.2, 0.25) is 5.91 Å². The minimum absolute atomic E-state index is 0.0671. The monoisotopic (exact) mass is 287 g/mol. The number of rotatable bonds is 2. The van der Waals surface area contributed by atoms with E-state index in [1.54, 1.807) is 12.1 Å². The fraction of sp³-hybridized carbons (Fsp3) is 0.417. The van der Waals surface area contributed by atoms with Gasteiger partial charge in [-0.15, -0.1) is 0 Å². The van der Waals surface area contributed by atoms with E-state index in [1.165, 1.54) is 0 Å². The molecule has 1 aliphatic heterocycles. The lowest BCUT2D eigenvalue weighted by atomic mass is 10.1. The van der Waals surface area contributed by atoms with Crippen molar-refractivity contribution in [1.29, 1.82) is 0 Å². The minimum Gasteiger partial charge on any atom is -0.324 e. The predicted octanol–water partition coefficient (Wildman–Crippen LogP) is 2.02. The molecular formula is C12H14ClNO3S. The highest BCUT2D eigenvalue weighted by Crippen LogP contribution is 2.25. The van der Waals surface area contributed by atoms with Crippen molar-refractivity contribution >= 4 is 33.0 Å². The van der Waals surface area contributed by atoms with E-state index in [1.807, 2.05) is 13.0 Å². The summed E-state index contributed by atoms with van der Waals surface area (Å²) in [5.74, 6) is -0.719. The van der Waals surface area contributed by atoms with Crippen molar-refractivity contribution in [2.24, 2.45) is 5.92 Å². The van der Waals surface area contributed by atoms with Gasteiger partial charge in [0.1, 0.15) is 0 Å². The molecule has 0 spiro atoms. The van der Waals surface area contributed by atoms with Crippen molar-refractivity contribution < 1.29 is 13.2 Å². The Labute approximate surface area is 111 Å². The Kier molecular flexibility index (Phi) is 3.64.